The molecule has 0 aliphatic heterocycles. The predicted octanol–water partition coefficient (Wildman–Crippen LogP) is 6.19. The third-order valence-corrected chi connectivity index (χ3v) is 2.09. The van der Waals surface area contributed by atoms with E-state index in [9.17, 15) is 0 Å². The van der Waals surface area contributed by atoms with E-state index in [2.05, 4.69) is 70.5 Å². The van der Waals surface area contributed by atoms with Gasteiger partial charge in [0, 0.05) is 0 Å². The second-order valence-corrected chi connectivity index (χ2v) is 4.56. The van der Waals surface area contributed by atoms with Gasteiger partial charge in [0.15, 0.2) is 0 Å². The molecule has 19 heavy (non-hydrogen) atoms. The molecule has 0 radical (unpaired) electrons. The van der Waals surface area contributed by atoms with Crippen molar-refractivity contribution in [3.63, 3.8) is 0 Å². The highest BCUT2D eigenvalue weighted by Crippen LogP contribution is 1.99. The van der Waals surface area contributed by atoms with Gasteiger partial charge in [-0.1, -0.05) is 71.8 Å². The molecule has 0 atom stereocenters. The molecule has 0 aliphatic rings. The summed E-state index contributed by atoms with van der Waals surface area (Å²) in [6, 6.07) is 8.48. The van der Waals surface area contributed by atoms with Crippen LogP contribution in [0.2, 0.25) is 0 Å². The zero-order chi connectivity index (χ0) is 15.3. The molecule has 0 nitrogen and oxygen atoms in total. The highest BCUT2D eigenvalue weighted by atomic mass is 13.9. The average Bonchev–Trinajstić information content (AvgIpc) is 2.35. The van der Waals surface area contributed by atoms with Gasteiger partial charge in [0.2, 0.25) is 0 Å². The summed E-state index contributed by atoms with van der Waals surface area (Å²) >= 11 is 0. The van der Waals surface area contributed by atoms with Gasteiger partial charge in [0.05, 0.1) is 0 Å². The Hall–Kier alpha value is -1.82. The van der Waals surface area contributed by atoms with Crippen LogP contribution in [0.25, 0.3) is 0 Å². The Morgan fingerprint density at radius 2 is 1.32 bits per heavy atom. The van der Waals surface area contributed by atoms with E-state index >= 15 is 0 Å². The summed E-state index contributed by atoms with van der Waals surface area (Å²) in [7, 11) is 0. The number of rotatable bonds is 3. The molecule has 1 aromatic rings. The third-order valence-electron chi connectivity index (χ3n) is 2.09. The van der Waals surface area contributed by atoms with Crippen molar-refractivity contribution in [3.8, 4) is 0 Å². The van der Waals surface area contributed by atoms with Gasteiger partial charge in [-0.25, -0.2) is 0 Å². The average molecular weight is 256 g/mol. The minimum atomic E-state index is 0.965. The number of hydrogen-bond donors (Lipinski definition) is 0. The van der Waals surface area contributed by atoms with Gasteiger partial charge in [0.25, 0.3) is 0 Å². The van der Waals surface area contributed by atoms with Gasteiger partial charge in [-0.3, -0.25) is 0 Å². The van der Waals surface area contributed by atoms with Crippen LogP contribution in [0.15, 0.2) is 73.9 Å². The zero-order valence-corrected chi connectivity index (χ0v) is 13.0. The Bertz CT molecular complexity index is 370. The monoisotopic (exact) mass is 256 g/mol. The number of hydrogen-bond acceptors (Lipinski definition) is 0. The molecule has 0 fully saturated rings. The van der Waals surface area contributed by atoms with Crippen molar-refractivity contribution in [2.24, 2.45) is 0 Å². The standard InChI is InChI=1S/C9H14.C8H10.C2H4/c1-8(2)6-5-7-9(3)4;1-7-3-5-8(2)6-4-7;1-2/h5-6H,1,3,7H2,2,4H3;3-6H,1-2H3;1-2H2/b6-5-;;. The maximum Gasteiger partial charge on any atom is -0.0141 e. The van der Waals surface area contributed by atoms with Crippen LogP contribution in [0.5, 0.6) is 0 Å². The van der Waals surface area contributed by atoms with Crippen molar-refractivity contribution in [3.05, 3.63) is 85.0 Å². The Kier molecular flexibility index (Phi) is 13.0. The van der Waals surface area contributed by atoms with Gasteiger partial charge in [0.1, 0.15) is 0 Å². The van der Waals surface area contributed by atoms with E-state index in [1.807, 2.05) is 19.9 Å². The summed E-state index contributed by atoms with van der Waals surface area (Å²) in [6.07, 6.45) is 5.05. The fraction of sp³-hybridized carbons (Fsp3) is 0.263. The van der Waals surface area contributed by atoms with E-state index in [0.29, 0.717) is 0 Å². The molecule has 0 bridgehead atoms. The van der Waals surface area contributed by atoms with Crippen LogP contribution in [-0.4, -0.2) is 0 Å². The fourth-order valence-electron chi connectivity index (χ4n) is 1.10. The van der Waals surface area contributed by atoms with Gasteiger partial charge in [-0.05, 0) is 34.1 Å². The number of aryl methyl sites for hydroxylation is 2. The second kappa shape index (κ2) is 12.6. The third kappa shape index (κ3) is 16.2. The topological polar surface area (TPSA) is 0 Å². The highest BCUT2D eigenvalue weighted by Gasteiger charge is 1.80. The maximum atomic E-state index is 3.77. The lowest BCUT2D eigenvalue weighted by atomic mass is 10.2. The molecule has 0 spiro atoms. The summed E-state index contributed by atoms with van der Waals surface area (Å²) in [4.78, 5) is 0. The second-order valence-electron chi connectivity index (χ2n) is 4.56. The predicted molar refractivity (Wildman–Crippen MR) is 90.6 cm³/mol. The lowest BCUT2D eigenvalue weighted by Crippen LogP contribution is -1.70. The molecule has 1 aromatic carbocycles. The molecule has 0 heterocycles. The van der Waals surface area contributed by atoms with Crippen LogP contribution in [0.1, 0.15) is 31.4 Å². The molecule has 0 saturated carbocycles. The van der Waals surface area contributed by atoms with Crippen molar-refractivity contribution in [1.29, 1.82) is 0 Å². The van der Waals surface area contributed by atoms with Crippen molar-refractivity contribution in [2.75, 3.05) is 0 Å². The first-order valence-corrected chi connectivity index (χ1v) is 6.41. The first kappa shape index (κ1) is 19.5. The van der Waals surface area contributed by atoms with E-state index in [1.165, 1.54) is 16.7 Å². The summed E-state index contributed by atoms with van der Waals surface area (Å²) in [5.74, 6) is 0. The molecule has 0 unspecified atom stereocenters. The molecule has 0 heteroatoms. The fourth-order valence-corrected chi connectivity index (χ4v) is 1.10. The van der Waals surface area contributed by atoms with Gasteiger partial charge >= 0.3 is 0 Å². The van der Waals surface area contributed by atoms with E-state index in [-0.39, 0.29) is 0 Å². The quantitative estimate of drug-likeness (QED) is 0.447. The van der Waals surface area contributed by atoms with Crippen LogP contribution in [-0.2, 0) is 0 Å². The minimum Gasteiger partial charge on any atom is -0.106 e. The van der Waals surface area contributed by atoms with Crippen LogP contribution in [0.3, 0.4) is 0 Å². The Morgan fingerprint density at radius 3 is 1.58 bits per heavy atom. The molecular formula is C19H28. The number of allylic oxidation sites excluding steroid dienone is 4. The van der Waals surface area contributed by atoms with Crippen LogP contribution < -0.4 is 0 Å². The normalized spacial score (nSPS) is 8.84. The van der Waals surface area contributed by atoms with Crippen molar-refractivity contribution >= 4 is 0 Å². The number of benzene rings is 1. The molecule has 0 aromatic heterocycles. The largest absolute Gasteiger partial charge is 0.106 e. The highest BCUT2D eigenvalue weighted by molar-refractivity contribution is 5.19. The minimum absolute atomic E-state index is 0.965. The summed E-state index contributed by atoms with van der Waals surface area (Å²) in [5.41, 5.74) is 4.94. The molecule has 104 valence electrons. The summed E-state index contributed by atoms with van der Waals surface area (Å²) < 4.78 is 0. The molecular weight excluding hydrogens is 228 g/mol. The van der Waals surface area contributed by atoms with Crippen LogP contribution in [0.4, 0.5) is 0 Å². The van der Waals surface area contributed by atoms with E-state index in [4.69, 9.17) is 0 Å². The zero-order valence-electron chi connectivity index (χ0n) is 13.0. The summed E-state index contributed by atoms with van der Waals surface area (Å²) in [6.45, 7) is 21.7. The van der Waals surface area contributed by atoms with E-state index in [1.54, 1.807) is 0 Å². The molecule has 0 saturated heterocycles. The van der Waals surface area contributed by atoms with Gasteiger partial charge in [-0.2, -0.15) is 0 Å². The molecule has 0 aliphatic carbocycles. The SMILES string of the molecule is C=C.C=C(C)/C=C\CC(=C)C.Cc1ccc(C)cc1. The van der Waals surface area contributed by atoms with E-state index < -0.39 is 0 Å². The molecule has 0 N–H and O–H groups in total. The van der Waals surface area contributed by atoms with Crippen LogP contribution >= 0.6 is 0 Å². The summed E-state index contributed by atoms with van der Waals surface area (Å²) in [5, 5.41) is 0. The lowest BCUT2D eigenvalue weighted by Gasteiger charge is -1.90. The lowest BCUT2D eigenvalue weighted by molar-refractivity contribution is 1.22. The first-order chi connectivity index (χ1) is 8.91. The Balaban J connectivity index is 0. The smallest absolute Gasteiger partial charge is 0.0141 e. The molecule has 0 amide bonds. The van der Waals surface area contributed by atoms with Gasteiger partial charge in [-0.15, -0.1) is 13.2 Å². The molecule has 1 rings (SSSR count). The Morgan fingerprint density at radius 1 is 0.947 bits per heavy atom. The van der Waals surface area contributed by atoms with Crippen molar-refractivity contribution in [1.82, 2.24) is 0 Å². The maximum absolute atomic E-state index is 3.77. The first-order valence-electron chi connectivity index (χ1n) is 6.41. The van der Waals surface area contributed by atoms with E-state index in [0.717, 1.165) is 12.0 Å². The van der Waals surface area contributed by atoms with Crippen LogP contribution in [0, 0.1) is 13.8 Å². The van der Waals surface area contributed by atoms with Gasteiger partial charge < -0.3 is 0 Å². The Labute approximate surface area is 119 Å². The van der Waals surface area contributed by atoms with Crippen molar-refractivity contribution < 1.29 is 0 Å². The van der Waals surface area contributed by atoms with Crippen molar-refractivity contribution in [2.45, 2.75) is 34.1 Å².